The predicted molar refractivity (Wildman–Crippen MR) is 288 cm³/mol. The summed E-state index contributed by atoms with van der Waals surface area (Å²) in [6.45, 7) is 7.31. The molecule has 7 N–H and O–H groups in total. The quantitative estimate of drug-likeness (QED) is 0.0108. The van der Waals surface area contributed by atoms with Gasteiger partial charge in [-0.05, 0) is 74.9 Å². The van der Waals surface area contributed by atoms with Crippen molar-refractivity contribution in [1.29, 1.82) is 0 Å². The highest BCUT2D eigenvalue weighted by atomic mass is 79.9. The molecule has 1 saturated carbocycles. The smallest absolute Gasteiger partial charge is 0.407 e. The Morgan fingerprint density at radius 2 is 1.55 bits per heavy atom. The number of nitrogens with zero attached hydrogens (tertiary/aromatic N) is 5. The number of rotatable bonds is 38. The van der Waals surface area contributed by atoms with Crippen molar-refractivity contribution in [1.82, 2.24) is 30.7 Å². The molecule has 1 amide bonds. The molecule has 77 heavy (non-hydrogen) atoms. The molecule has 2 aromatic heterocycles. The van der Waals surface area contributed by atoms with Crippen LogP contribution in [0.5, 0.6) is 17.5 Å². The summed E-state index contributed by atoms with van der Waals surface area (Å²) in [4.78, 5) is 59.1. The zero-order valence-corrected chi connectivity index (χ0v) is 47.1. The number of aliphatic carboxylic acids is 1. The molecule has 3 heterocycles. The first-order valence-corrected chi connectivity index (χ1v) is 29.1. The van der Waals surface area contributed by atoms with Crippen molar-refractivity contribution in [2.75, 3.05) is 148 Å². The van der Waals surface area contributed by atoms with Gasteiger partial charge in [-0.15, -0.1) is 17.3 Å². The predicted octanol–water partition coefficient (Wildman–Crippen LogP) is 3.59. The number of carbonyl (C=O) groups is 3. The van der Waals surface area contributed by atoms with Gasteiger partial charge in [-0.2, -0.15) is 23.4 Å². The normalized spacial score (nSPS) is 18.2. The lowest BCUT2D eigenvalue weighted by Gasteiger charge is -2.45. The minimum Gasteiger partial charge on any atom is -0.489 e. The van der Waals surface area contributed by atoms with Crippen LogP contribution in [0.4, 0.5) is 16.7 Å². The van der Waals surface area contributed by atoms with Crippen LogP contribution in [0.1, 0.15) is 51.4 Å². The average molecular weight is 1240 g/mol. The lowest BCUT2D eigenvalue weighted by atomic mass is 10.1. The highest BCUT2D eigenvalue weighted by Crippen LogP contribution is 2.52. The molecule has 1 saturated heterocycles. The fourth-order valence-electron chi connectivity index (χ4n) is 9.23. The summed E-state index contributed by atoms with van der Waals surface area (Å²) in [5.41, 5.74) is 3.33. The molecule has 6 rings (SSSR count). The molecule has 0 spiro atoms. The number of hydrogen-bond donors (Lipinski definition) is 7. The molecule has 2 aliphatic carbocycles. The average Bonchev–Trinajstić information content (AvgIpc) is 3.95. The number of ether oxygens (including phenoxy) is 7. The van der Waals surface area contributed by atoms with Crippen LogP contribution in [0.15, 0.2) is 21.2 Å². The van der Waals surface area contributed by atoms with Crippen molar-refractivity contribution in [2.24, 2.45) is 17.8 Å². The maximum atomic E-state index is 12.2. The van der Waals surface area contributed by atoms with E-state index in [4.69, 9.17) is 43.1 Å². The van der Waals surface area contributed by atoms with Gasteiger partial charge in [0.25, 0.3) is 10.1 Å². The number of amides is 1. The van der Waals surface area contributed by atoms with E-state index < -0.39 is 28.2 Å². The first kappa shape index (κ1) is 61.5. The highest BCUT2D eigenvalue weighted by molar-refractivity contribution is 9.11. The van der Waals surface area contributed by atoms with Gasteiger partial charge >= 0.3 is 18.1 Å². The van der Waals surface area contributed by atoms with Gasteiger partial charge in [0.2, 0.25) is 11.9 Å². The largest absolute Gasteiger partial charge is 0.489 e. The second kappa shape index (κ2) is 32.4. The number of aromatic amines is 1. The zero-order chi connectivity index (χ0) is 54.9. The van der Waals surface area contributed by atoms with Gasteiger partial charge in [-0.3, -0.25) is 9.35 Å². The Morgan fingerprint density at radius 1 is 0.896 bits per heavy atom. The Balaban J connectivity index is 0.900. The van der Waals surface area contributed by atoms with E-state index in [9.17, 15) is 32.5 Å². The van der Waals surface area contributed by atoms with Crippen molar-refractivity contribution in [2.45, 2.75) is 57.4 Å². The van der Waals surface area contributed by atoms with E-state index in [0.29, 0.717) is 158 Å². The maximum Gasteiger partial charge on any atom is 0.407 e. The fourth-order valence-corrected chi connectivity index (χ4v) is 11.3. The van der Waals surface area contributed by atoms with Gasteiger partial charge in [0.05, 0.1) is 130 Å². The molecule has 3 aliphatic rings. The monoisotopic (exact) mass is 1230 g/mol. The summed E-state index contributed by atoms with van der Waals surface area (Å²) in [6.07, 6.45) is 6.47. The van der Waals surface area contributed by atoms with Crippen LogP contribution in [-0.2, 0) is 43.4 Å². The Labute approximate surface area is 465 Å². The number of H-pyrrole nitrogens is 1. The third-order valence-electron chi connectivity index (χ3n) is 13.3. The van der Waals surface area contributed by atoms with Crippen LogP contribution >= 0.6 is 31.9 Å². The zero-order valence-electron chi connectivity index (χ0n) is 43.1. The number of quaternary nitrogens is 1. The molecule has 0 bridgehead atoms. The summed E-state index contributed by atoms with van der Waals surface area (Å²) in [5, 5.41) is 25.1. The number of piperazine rings is 1. The minimum atomic E-state index is -4.10. The summed E-state index contributed by atoms with van der Waals surface area (Å²) in [6, 6.07) is 1.08. The van der Waals surface area contributed by atoms with Gasteiger partial charge in [0.1, 0.15) is 25.2 Å². The number of anilines is 2. The Bertz CT molecular complexity index is 2500. The van der Waals surface area contributed by atoms with Crippen LogP contribution in [-0.4, -0.2) is 209 Å². The number of halogens is 2. The number of carbonyl (C=O) groups excluding carboxylic acids is 2. The molecule has 28 heteroatoms. The van der Waals surface area contributed by atoms with Crippen LogP contribution in [0, 0.1) is 29.6 Å². The van der Waals surface area contributed by atoms with Crippen LogP contribution < -0.4 is 35.3 Å². The number of aliphatic hydroxyl groups excluding tert-OH is 1. The number of nitrogens with one attached hydrogen (secondary N) is 4. The minimum absolute atomic E-state index is 0.0108. The van der Waals surface area contributed by atoms with Crippen molar-refractivity contribution in [3.05, 3.63) is 21.2 Å². The molecule has 1 aromatic carbocycles. The van der Waals surface area contributed by atoms with Crippen LogP contribution in [0.25, 0.3) is 10.9 Å². The van der Waals surface area contributed by atoms with Gasteiger partial charge in [-0.1, -0.05) is 0 Å². The van der Waals surface area contributed by atoms with Gasteiger partial charge in [-0.25, -0.2) is 4.79 Å². The second-order valence-corrected chi connectivity index (χ2v) is 21.9. The van der Waals surface area contributed by atoms with E-state index in [-0.39, 0.29) is 83.2 Å². The van der Waals surface area contributed by atoms with Crippen LogP contribution in [0.2, 0.25) is 0 Å². The maximum absolute atomic E-state index is 12.2. The number of hydrogen-bond acceptors (Lipinski definition) is 20. The molecule has 428 valence electrons. The third kappa shape index (κ3) is 21.1. The SMILES string of the molecule is O=C[C@H](CCC(=O)O)NOc1c[nH]c2cc(Br)c(OCCOCCOCCOc3nc(NCCOCCOCCNC(=O)OCC4[C@H]5CCC#CCC[C@@H]45)nc(N4CC[N+](CCCO)(CCCS(=O)(=O)O)CC4)n3)c(Br)c12. The number of benzene rings is 1. The molecular formula is C49H72Br2N9O16S+. The van der Waals surface area contributed by atoms with E-state index in [1.54, 1.807) is 6.20 Å². The molecule has 25 nitrogen and oxygen atoms in total. The van der Waals surface area contributed by atoms with E-state index in [0.717, 1.165) is 25.7 Å². The van der Waals surface area contributed by atoms with E-state index in [2.05, 4.69) is 79.8 Å². The summed E-state index contributed by atoms with van der Waals surface area (Å²) in [7, 11) is -4.10. The van der Waals surface area contributed by atoms with Gasteiger partial charge < -0.3 is 78.0 Å². The third-order valence-corrected chi connectivity index (χ3v) is 15.5. The number of carboxylic acid groups (broad SMARTS) is 1. The molecule has 1 unspecified atom stereocenters. The lowest BCUT2D eigenvalue weighted by Crippen LogP contribution is -2.61. The topological polar surface area (TPSA) is 314 Å². The van der Waals surface area contributed by atoms with Crippen molar-refractivity contribution in [3.63, 3.8) is 0 Å². The molecule has 2 fully saturated rings. The Kier molecular flexibility index (Phi) is 25.9. The van der Waals surface area contributed by atoms with Gasteiger partial charge in [0.15, 0.2) is 5.75 Å². The molecular weight excluding hydrogens is 1160 g/mol. The summed E-state index contributed by atoms with van der Waals surface area (Å²) in [5.74, 6) is 8.24. The number of aliphatic hydroxyl groups is 1. The molecule has 0 radical (unpaired) electrons. The van der Waals surface area contributed by atoms with Crippen molar-refractivity contribution >= 4 is 83.1 Å². The molecule has 1 aliphatic heterocycles. The Morgan fingerprint density at radius 3 is 2.21 bits per heavy atom. The van der Waals surface area contributed by atoms with E-state index >= 15 is 0 Å². The fraction of sp³-hybridized carbons (Fsp3) is 0.673. The standard InChI is InChI=1S/C49H71Br2N9O16S/c50-39-31-40-43(41(32-54-40)76-58-35(33-62)9-10-42(63)64)44(51)45(39)73-28-26-71-24-25-72-27-29-74-48-56-46(55-47(57-48)59-13-17-60(18-14-59,15-5-19-61)16-6-30-77(66,67)68)52-11-20-69-22-23-70-21-12-53-49(65)75-34-38-36-7-3-1-2-4-8-37(36)38/h31-33,35-38,54,58,61H,3-30,34H2,(H3-,52,53,55,56,57,63,64,65,66,67,68)/p+1/t35-,36-,37+,38?/m0/s1. The van der Waals surface area contributed by atoms with E-state index in [1.165, 1.54) is 0 Å². The van der Waals surface area contributed by atoms with Gasteiger partial charge in [0, 0.05) is 58.0 Å². The molecule has 4 atom stereocenters. The summed E-state index contributed by atoms with van der Waals surface area (Å²) < 4.78 is 74.4. The number of aromatic nitrogens is 4. The number of hydroxylamine groups is 1. The van der Waals surface area contributed by atoms with E-state index in [1.807, 2.05) is 11.0 Å². The second-order valence-electron chi connectivity index (χ2n) is 18.7. The number of aldehydes is 1. The Hall–Kier alpha value is -4.67. The van der Waals surface area contributed by atoms with Crippen LogP contribution in [0.3, 0.4) is 0 Å². The highest BCUT2D eigenvalue weighted by Gasteiger charge is 2.49. The summed E-state index contributed by atoms with van der Waals surface area (Å²) >= 11 is 7.13. The number of alkyl carbamates (subject to hydrolysis) is 1. The lowest BCUT2D eigenvalue weighted by molar-refractivity contribution is -0.928. The molecule has 3 aromatic rings. The van der Waals surface area contributed by atoms with Crippen molar-refractivity contribution in [3.8, 4) is 29.4 Å². The number of carboxylic acids is 1. The first-order chi connectivity index (χ1) is 37.3. The van der Waals surface area contributed by atoms with Crippen molar-refractivity contribution < 1.29 is 80.0 Å². The first-order valence-electron chi connectivity index (χ1n) is 26.0. The number of fused-ring (bicyclic) bond motifs is 2.